The van der Waals surface area contributed by atoms with Crippen molar-refractivity contribution in [3.05, 3.63) is 34.9 Å². The summed E-state index contributed by atoms with van der Waals surface area (Å²) in [5.41, 5.74) is 0.401. The van der Waals surface area contributed by atoms with Crippen LogP contribution < -0.4 is 10.6 Å². The van der Waals surface area contributed by atoms with Gasteiger partial charge in [0.2, 0.25) is 0 Å². The topological polar surface area (TPSA) is 122 Å². The van der Waals surface area contributed by atoms with Gasteiger partial charge in [-0.3, -0.25) is 24.6 Å². The van der Waals surface area contributed by atoms with Gasteiger partial charge in [-0.25, -0.2) is 9.59 Å². The fourth-order valence-electron chi connectivity index (χ4n) is 2.71. The number of hydrogen-bond acceptors (Lipinski definition) is 6. The number of esters is 1. The molecule has 9 nitrogen and oxygen atoms in total. The van der Waals surface area contributed by atoms with Gasteiger partial charge in [-0.2, -0.15) is 0 Å². The number of imide groups is 2. The third-order valence-electron chi connectivity index (χ3n) is 4.36. The van der Waals surface area contributed by atoms with Gasteiger partial charge in [0.15, 0.2) is 6.10 Å². The molecule has 1 aromatic carbocycles. The van der Waals surface area contributed by atoms with Crippen molar-refractivity contribution in [1.29, 1.82) is 0 Å². The Balaban J connectivity index is 2.08. The van der Waals surface area contributed by atoms with Crippen molar-refractivity contribution >= 4 is 29.7 Å². The zero-order valence-corrected chi connectivity index (χ0v) is 16.9. The number of benzene rings is 1. The van der Waals surface area contributed by atoms with E-state index in [0.717, 1.165) is 0 Å². The largest absolute Gasteiger partial charge is 0.449 e. The van der Waals surface area contributed by atoms with Crippen LogP contribution in [0.25, 0.3) is 0 Å². The van der Waals surface area contributed by atoms with Crippen LogP contribution in [0.5, 0.6) is 0 Å². The summed E-state index contributed by atoms with van der Waals surface area (Å²) in [6, 6.07) is 3.37. The lowest BCUT2D eigenvalue weighted by atomic mass is 10.1. The van der Waals surface area contributed by atoms with Crippen molar-refractivity contribution in [2.24, 2.45) is 5.92 Å². The molecule has 0 fully saturated rings. The van der Waals surface area contributed by atoms with Gasteiger partial charge in [-0.15, -0.1) is 0 Å². The average molecular weight is 403 g/mol. The zero-order valence-electron chi connectivity index (χ0n) is 16.9. The summed E-state index contributed by atoms with van der Waals surface area (Å²) >= 11 is 0. The second kappa shape index (κ2) is 9.31. The van der Waals surface area contributed by atoms with Crippen LogP contribution in [-0.2, 0) is 9.53 Å². The molecule has 1 aromatic rings. The maximum absolute atomic E-state index is 12.6. The molecule has 1 aliphatic heterocycles. The molecule has 0 spiro atoms. The van der Waals surface area contributed by atoms with E-state index in [0.29, 0.717) is 25.4 Å². The maximum atomic E-state index is 12.6. The number of ether oxygens (including phenoxy) is 1. The first-order valence-electron chi connectivity index (χ1n) is 9.45. The Kier molecular flexibility index (Phi) is 7.08. The smallest absolute Gasteiger partial charge is 0.338 e. The summed E-state index contributed by atoms with van der Waals surface area (Å²) in [5, 5.41) is 4.44. The molecule has 5 amide bonds. The molecule has 1 unspecified atom stereocenters. The number of nitrogens with one attached hydrogen (secondary N) is 2. The van der Waals surface area contributed by atoms with E-state index >= 15 is 0 Å². The van der Waals surface area contributed by atoms with Crippen LogP contribution in [0.1, 0.15) is 65.2 Å². The van der Waals surface area contributed by atoms with E-state index in [4.69, 9.17) is 4.74 Å². The summed E-state index contributed by atoms with van der Waals surface area (Å²) in [6.07, 6.45) is -0.545. The van der Waals surface area contributed by atoms with Gasteiger partial charge in [0, 0.05) is 13.1 Å². The molecule has 0 saturated heterocycles. The van der Waals surface area contributed by atoms with Crippen molar-refractivity contribution < 1.29 is 28.7 Å². The molecule has 0 radical (unpaired) electrons. The van der Waals surface area contributed by atoms with Gasteiger partial charge in [-0.1, -0.05) is 13.8 Å². The van der Waals surface area contributed by atoms with E-state index in [1.54, 1.807) is 6.92 Å². The lowest BCUT2D eigenvalue weighted by Crippen LogP contribution is -2.44. The van der Waals surface area contributed by atoms with Gasteiger partial charge in [0.25, 0.3) is 17.7 Å². The normalized spacial score (nSPS) is 13.9. The van der Waals surface area contributed by atoms with Crippen molar-refractivity contribution in [2.45, 2.75) is 40.2 Å². The molecule has 2 rings (SSSR count). The number of urea groups is 1. The fourth-order valence-corrected chi connectivity index (χ4v) is 2.71. The fraction of sp³-hybridized carbons (Fsp3) is 0.450. The van der Waals surface area contributed by atoms with E-state index < -0.39 is 29.9 Å². The highest BCUT2D eigenvalue weighted by atomic mass is 16.5. The molecule has 156 valence electrons. The minimum Gasteiger partial charge on any atom is -0.449 e. The average Bonchev–Trinajstić information content (AvgIpc) is 2.89. The molecule has 1 aliphatic rings. The van der Waals surface area contributed by atoms with E-state index in [9.17, 15) is 24.0 Å². The standard InChI is InChI=1S/C20H25N3O6/c1-5-21-20(28)22-16(24)12(4)29-19(27)13-6-7-14-15(10-13)18(26)23(17(14)25)9-8-11(2)3/h6-7,10-12H,5,8-9H2,1-4H3,(H2,21,22,24,28). The Labute approximate surface area is 168 Å². The van der Waals surface area contributed by atoms with Gasteiger partial charge in [-0.05, 0) is 44.4 Å². The Morgan fingerprint density at radius 3 is 2.34 bits per heavy atom. The van der Waals surface area contributed by atoms with Crippen LogP contribution in [0, 0.1) is 5.92 Å². The Hall–Kier alpha value is -3.23. The zero-order chi connectivity index (χ0) is 21.7. The lowest BCUT2D eigenvalue weighted by molar-refractivity contribution is -0.127. The molecule has 1 atom stereocenters. The first-order valence-corrected chi connectivity index (χ1v) is 9.45. The number of carbonyl (C=O) groups excluding carboxylic acids is 5. The summed E-state index contributed by atoms with van der Waals surface area (Å²) in [4.78, 5) is 61.8. The second-order valence-corrected chi connectivity index (χ2v) is 7.10. The minimum atomic E-state index is -1.22. The molecule has 0 aromatic heterocycles. The molecule has 0 bridgehead atoms. The molecule has 9 heteroatoms. The van der Waals surface area contributed by atoms with Crippen LogP contribution in [0.15, 0.2) is 18.2 Å². The Morgan fingerprint density at radius 1 is 1.07 bits per heavy atom. The highest BCUT2D eigenvalue weighted by Crippen LogP contribution is 2.25. The first kappa shape index (κ1) is 22.1. The Bertz CT molecular complexity index is 849. The lowest BCUT2D eigenvalue weighted by Gasteiger charge is -2.14. The highest BCUT2D eigenvalue weighted by Gasteiger charge is 2.36. The number of nitrogens with zero attached hydrogens (tertiary/aromatic N) is 1. The van der Waals surface area contributed by atoms with Crippen LogP contribution in [0.4, 0.5) is 4.79 Å². The van der Waals surface area contributed by atoms with E-state index in [1.807, 2.05) is 19.2 Å². The number of hydrogen-bond donors (Lipinski definition) is 2. The quantitative estimate of drug-likeness (QED) is 0.528. The Morgan fingerprint density at radius 2 is 1.72 bits per heavy atom. The van der Waals surface area contributed by atoms with Crippen molar-refractivity contribution in [1.82, 2.24) is 15.5 Å². The second-order valence-electron chi connectivity index (χ2n) is 7.10. The van der Waals surface area contributed by atoms with Crippen molar-refractivity contribution in [2.75, 3.05) is 13.1 Å². The molecule has 0 aliphatic carbocycles. The van der Waals surface area contributed by atoms with Crippen molar-refractivity contribution in [3.63, 3.8) is 0 Å². The first-order chi connectivity index (χ1) is 13.6. The van der Waals surface area contributed by atoms with Gasteiger partial charge >= 0.3 is 12.0 Å². The maximum Gasteiger partial charge on any atom is 0.338 e. The monoisotopic (exact) mass is 403 g/mol. The predicted molar refractivity (Wildman–Crippen MR) is 103 cm³/mol. The summed E-state index contributed by atoms with van der Waals surface area (Å²) < 4.78 is 5.06. The van der Waals surface area contributed by atoms with Crippen LogP contribution >= 0.6 is 0 Å². The molecule has 0 saturated carbocycles. The summed E-state index contributed by atoms with van der Waals surface area (Å²) in [6.45, 7) is 7.65. The molecule has 29 heavy (non-hydrogen) atoms. The SMILES string of the molecule is CCNC(=O)NC(=O)C(C)OC(=O)c1ccc2c(c1)C(=O)N(CCC(C)C)C2=O. The molecular formula is C20H25N3O6. The van der Waals surface area contributed by atoms with Crippen LogP contribution in [0.2, 0.25) is 0 Å². The van der Waals surface area contributed by atoms with Crippen molar-refractivity contribution in [3.8, 4) is 0 Å². The number of fused-ring (bicyclic) bond motifs is 1. The van der Waals surface area contributed by atoms with Crippen LogP contribution in [0.3, 0.4) is 0 Å². The molecule has 1 heterocycles. The number of amides is 5. The van der Waals surface area contributed by atoms with Gasteiger partial charge in [0.1, 0.15) is 0 Å². The molecular weight excluding hydrogens is 378 g/mol. The summed E-state index contributed by atoms with van der Waals surface area (Å²) in [5.74, 6) is -2.14. The third-order valence-corrected chi connectivity index (χ3v) is 4.36. The van der Waals surface area contributed by atoms with E-state index in [2.05, 4.69) is 5.32 Å². The van der Waals surface area contributed by atoms with E-state index in [-0.39, 0.29) is 22.6 Å². The minimum absolute atomic E-state index is 0.0354. The predicted octanol–water partition coefficient (Wildman–Crippen LogP) is 1.72. The third kappa shape index (κ3) is 5.18. The van der Waals surface area contributed by atoms with Gasteiger partial charge in [0.05, 0.1) is 16.7 Å². The molecule has 2 N–H and O–H groups in total. The van der Waals surface area contributed by atoms with Gasteiger partial charge < -0.3 is 10.1 Å². The number of rotatable bonds is 7. The number of carbonyl (C=O) groups is 5. The summed E-state index contributed by atoms with van der Waals surface area (Å²) in [7, 11) is 0. The highest BCUT2D eigenvalue weighted by molar-refractivity contribution is 6.22. The van der Waals surface area contributed by atoms with E-state index in [1.165, 1.54) is 30.0 Å². The van der Waals surface area contributed by atoms with Crippen LogP contribution in [-0.4, -0.2) is 53.8 Å².